The molecule has 0 spiro atoms. The van der Waals surface area contributed by atoms with Gasteiger partial charge in [-0.3, -0.25) is 9.55 Å². The Balaban J connectivity index is 1.17. The van der Waals surface area contributed by atoms with Crippen LogP contribution >= 0.6 is 0 Å². The molecule has 0 aliphatic carbocycles. The van der Waals surface area contributed by atoms with E-state index in [-0.39, 0.29) is 0 Å². The molecule has 5 heterocycles. The molecule has 0 unspecified atom stereocenters. The third-order valence-electron chi connectivity index (χ3n) is 9.78. The van der Waals surface area contributed by atoms with Crippen molar-refractivity contribution in [2.75, 3.05) is 0 Å². The summed E-state index contributed by atoms with van der Waals surface area (Å²) in [6, 6.07) is 47.6. The molecule has 0 saturated heterocycles. The van der Waals surface area contributed by atoms with Gasteiger partial charge >= 0.3 is 0 Å². The number of benzene rings is 6. The van der Waals surface area contributed by atoms with Crippen molar-refractivity contribution in [3.63, 3.8) is 0 Å². The molecule has 0 saturated carbocycles. The fourth-order valence-corrected chi connectivity index (χ4v) is 7.50. The molecule has 6 aromatic carbocycles. The maximum absolute atomic E-state index is 6.43. The van der Waals surface area contributed by atoms with Crippen LogP contribution in [-0.2, 0) is 0 Å². The fourth-order valence-electron chi connectivity index (χ4n) is 7.50. The van der Waals surface area contributed by atoms with Crippen LogP contribution in [0.15, 0.2) is 161 Å². The lowest BCUT2D eigenvalue weighted by molar-refractivity contribution is 0.667. The number of aromatic nitrogens is 5. The first-order valence-corrected chi connectivity index (χ1v) is 16.8. The molecule has 0 atom stereocenters. The van der Waals surface area contributed by atoms with E-state index in [4.69, 9.17) is 23.8 Å². The summed E-state index contributed by atoms with van der Waals surface area (Å²) < 4.78 is 14.8. The normalized spacial score (nSPS) is 11.9. The number of para-hydroxylation sites is 3. The minimum atomic E-state index is 0.531. The second-order valence-electron chi connectivity index (χ2n) is 12.7. The zero-order valence-electron chi connectivity index (χ0n) is 27.0. The molecule has 7 heteroatoms. The largest absolute Gasteiger partial charge is 0.455 e. The van der Waals surface area contributed by atoms with E-state index in [2.05, 4.69) is 82.3 Å². The fraction of sp³-hybridized carbons (Fsp3) is 0. The first kappa shape index (κ1) is 27.8. The van der Waals surface area contributed by atoms with Crippen LogP contribution in [0.4, 0.5) is 0 Å². The van der Waals surface area contributed by atoms with E-state index < -0.39 is 0 Å². The first-order chi connectivity index (χ1) is 25.3. The minimum absolute atomic E-state index is 0.531. The summed E-state index contributed by atoms with van der Waals surface area (Å²) >= 11 is 0. The van der Waals surface area contributed by atoms with E-state index in [1.807, 2.05) is 66.7 Å². The van der Waals surface area contributed by atoms with Gasteiger partial charge in [0.05, 0.1) is 17.2 Å². The molecule has 51 heavy (non-hydrogen) atoms. The molecule has 5 aromatic heterocycles. The average Bonchev–Trinajstić information content (AvgIpc) is 3.87. The Kier molecular flexibility index (Phi) is 5.83. The zero-order chi connectivity index (χ0) is 33.5. The van der Waals surface area contributed by atoms with E-state index in [9.17, 15) is 0 Å². The number of hydrogen-bond donors (Lipinski definition) is 0. The Bertz CT molecular complexity index is 3160. The molecular weight excluding hydrogens is 631 g/mol. The van der Waals surface area contributed by atoms with Crippen LogP contribution in [0.2, 0.25) is 0 Å². The van der Waals surface area contributed by atoms with E-state index >= 15 is 0 Å². The highest BCUT2D eigenvalue weighted by atomic mass is 16.3. The number of furan rings is 2. The van der Waals surface area contributed by atoms with Gasteiger partial charge in [-0.1, -0.05) is 103 Å². The Morgan fingerprint density at radius 2 is 1.20 bits per heavy atom. The topological polar surface area (TPSA) is 82.8 Å². The van der Waals surface area contributed by atoms with E-state index in [0.29, 0.717) is 23.2 Å². The van der Waals surface area contributed by atoms with Crippen molar-refractivity contribution in [3.8, 4) is 39.9 Å². The maximum Gasteiger partial charge on any atom is 0.238 e. The molecular formula is C44H25N5O2. The van der Waals surface area contributed by atoms with Gasteiger partial charge in [-0.15, -0.1) is 0 Å². The van der Waals surface area contributed by atoms with Gasteiger partial charge in [-0.2, -0.15) is 9.97 Å². The Morgan fingerprint density at radius 3 is 2.14 bits per heavy atom. The SMILES string of the molecule is c1ccc(-c2nc(-c3cccc4oc5cnccc5c34)nc(-n3c4ccccc4c4cc(-c5cccc6c5oc5ccccc56)ccc43)n2)cc1. The number of rotatable bonds is 4. The van der Waals surface area contributed by atoms with Crippen LogP contribution < -0.4 is 0 Å². The van der Waals surface area contributed by atoms with Crippen molar-refractivity contribution < 1.29 is 8.83 Å². The Morgan fingerprint density at radius 1 is 0.451 bits per heavy atom. The number of pyridine rings is 1. The van der Waals surface area contributed by atoms with Crippen molar-refractivity contribution >= 4 is 65.7 Å². The van der Waals surface area contributed by atoms with Gasteiger partial charge in [0.25, 0.3) is 0 Å². The molecule has 0 amide bonds. The quantitative estimate of drug-likeness (QED) is 0.188. The van der Waals surface area contributed by atoms with Crippen LogP contribution in [0.3, 0.4) is 0 Å². The van der Waals surface area contributed by atoms with Crippen molar-refractivity contribution in [1.82, 2.24) is 24.5 Å². The second-order valence-corrected chi connectivity index (χ2v) is 12.7. The zero-order valence-corrected chi connectivity index (χ0v) is 27.0. The molecule has 11 aromatic rings. The van der Waals surface area contributed by atoms with Crippen LogP contribution in [0.25, 0.3) is 106 Å². The van der Waals surface area contributed by atoms with Gasteiger partial charge in [0.2, 0.25) is 5.95 Å². The molecule has 0 fully saturated rings. The van der Waals surface area contributed by atoms with Gasteiger partial charge in [0, 0.05) is 55.2 Å². The highest BCUT2D eigenvalue weighted by Gasteiger charge is 2.21. The molecule has 7 nitrogen and oxygen atoms in total. The van der Waals surface area contributed by atoms with Crippen molar-refractivity contribution in [2.45, 2.75) is 0 Å². The van der Waals surface area contributed by atoms with Crippen LogP contribution in [0.1, 0.15) is 0 Å². The molecule has 0 N–H and O–H groups in total. The first-order valence-electron chi connectivity index (χ1n) is 16.8. The number of hydrogen-bond acceptors (Lipinski definition) is 6. The van der Waals surface area contributed by atoms with E-state index in [1.54, 1.807) is 12.4 Å². The Hall–Kier alpha value is -7.12. The van der Waals surface area contributed by atoms with Crippen LogP contribution in [0, 0.1) is 0 Å². The van der Waals surface area contributed by atoms with Gasteiger partial charge < -0.3 is 8.83 Å². The molecule has 0 aliphatic rings. The third kappa shape index (κ3) is 4.18. The molecule has 0 radical (unpaired) electrons. The predicted molar refractivity (Wildman–Crippen MR) is 203 cm³/mol. The van der Waals surface area contributed by atoms with Crippen molar-refractivity contribution in [1.29, 1.82) is 0 Å². The predicted octanol–water partition coefficient (Wildman–Crippen LogP) is 11.2. The summed E-state index contributed by atoms with van der Waals surface area (Å²) in [6.07, 6.45) is 3.53. The third-order valence-corrected chi connectivity index (χ3v) is 9.78. The lowest BCUT2D eigenvalue weighted by atomic mass is 10.0. The van der Waals surface area contributed by atoms with Gasteiger partial charge in [0.15, 0.2) is 17.2 Å². The lowest BCUT2D eigenvalue weighted by Gasteiger charge is -2.11. The van der Waals surface area contributed by atoms with Gasteiger partial charge in [-0.05, 0) is 42.0 Å². The maximum atomic E-state index is 6.43. The molecule has 0 bridgehead atoms. The van der Waals surface area contributed by atoms with E-state index in [0.717, 1.165) is 82.4 Å². The lowest BCUT2D eigenvalue weighted by Crippen LogP contribution is -2.06. The van der Waals surface area contributed by atoms with Gasteiger partial charge in [-0.25, -0.2) is 4.98 Å². The summed E-state index contributed by atoms with van der Waals surface area (Å²) in [4.78, 5) is 19.7. The highest BCUT2D eigenvalue weighted by Crippen LogP contribution is 2.40. The smallest absolute Gasteiger partial charge is 0.238 e. The van der Waals surface area contributed by atoms with E-state index in [1.165, 1.54) is 0 Å². The Labute approximate surface area is 290 Å². The second kappa shape index (κ2) is 10.7. The van der Waals surface area contributed by atoms with Crippen LogP contribution in [0.5, 0.6) is 0 Å². The van der Waals surface area contributed by atoms with Gasteiger partial charge in [0.1, 0.15) is 16.7 Å². The minimum Gasteiger partial charge on any atom is -0.455 e. The number of nitrogens with zero attached hydrogens (tertiary/aromatic N) is 5. The summed E-state index contributed by atoms with van der Waals surface area (Å²) in [5.41, 5.74) is 9.11. The van der Waals surface area contributed by atoms with Crippen molar-refractivity contribution in [3.05, 3.63) is 152 Å². The molecule has 238 valence electrons. The standard InChI is InChI=1S/C44H25N5O2/c1-2-10-26(11-3-1)42-46-43(33-16-9-19-38-40(33)32-22-23-45-25-39(32)50-38)48-44(47-42)49-35-17-6-4-12-29(35)34-24-27(20-21-36(34)49)28-14-8-15-31-30-13-5-7-18-37(30)51-41(28)31/h1-25H. The summed E-state index contributed by atoms with van der Waals surface area (Å²) in [5, 5.41) is 6.32. The monoisotopic (exact) mass is 655 g/mol. The van der Waals surface area contributed by atoms with Crippen LogP contribution in [-0.4, -0.2) is 24.5 Å². The summed E-state index contributed by atoms with van der Waals surface area (Å²) in [6.45, 7) is 0. The summed E-state index contributed by atoms with van der Waals surface area (Å²) in [7, 11) is 0. The summed E-state index contributed by atoms with van der Waals surface area (Å²) in [5.74, 6) is 1.67. The molecule has 11 rings (SSSR count). The average molecular weight is 656 g/mol. The number of fused-ring (bicyclic) bond motifs is 9. The molecule has 0 aliphatic heterocycles. The highest BCUT2D eigenvalue weighted by molar-refractivity contribution is 6.14. The van der Waals surface area contributed by atoms with Crippen molar-refractivity contribution in [2.24, 2.45) is 0 Å².